The number of fused-ring (bicyclic) bond motifs is 2. The fraction of sp³-hybridized carbons (Fsp3) is 0.130. The van der Waals surface area contributed by atoms with Crippen LogP contribution in [0.15, 0.2) is 59.3 Å². The molecule has 5 rings (SSSR count). The molecule has 1 aliphatic heterocycles. The summed E-state index contributed by atoms with van der Waals surface area (Å²) in [5.41, 5.74) is 9.90. The number of aromatic amines is 1. The molecule has 4 aromatic rings. The van der Waals surface area contributed by atoms with Crippen molar-refractivity contribution in [2.24, 2.45) is 5.73 Å². The molecular weight excluding hydrogens is 444 g/mol. The van der Waals surface area contributed by atoms with E-state index in [1.807, 2.05) is 48.7 Å². The van der Waals surface area contributed by atoms with E-state index in [0.29, 0.717) is 17.7 Å². The second kappa shape index (κ2) is 7.27. The number of carbonyl (C=O) groups is 2. The number of carbonyl (C=O) groups excluding carboxylic acids is 2. The molecule has 0 bridgehead atoms. The van der Waals surface area contributed by atoms with Crippen molar-refractivity contribution in [1.82, 2.24) is 14.9 Å². The van der Waals surface area contributed by atoms with Gasteiger partial charge in [-0.05, 0) is 31.2 Å². The molecule has 0 saturated heterocycles. The van der Waals surface area contributed by atoms with Crippen LogP contribution in [0.5, 0.6) is 0 Å². The van der Waals surface area contributed by atoms with Crippen LogP contribution in [0.25, 0.3) is 33.0 Å². The molecule has 0 atom stereocenters. The zero-order chi connectivity index (χ0) is 20.8. The fourth-order valence-corrected chi connectivity index (χ4v) is 4.51. The quantitative estimate of drug-likeness (QED) is 0.393. The number of benzene rings is 2. The van der Waals surface area contributed by atoms with Crippen molar-refractivity contribution in [1.29, 1.82) is 0 Å². The first-order valence-corrected chi connectivity index (χ1v) is 10.5. The van der Waals surface area contributed by atoms with E-state index in [1.54, 1.807) is 6.20 Å². The third kappa shape index (κ3) is 2.89. The zero-order valence-corrected chi connectivity index (χ0v) is 17.6. The van der Waals surface area contributed by atoms with Gasteiger partial charge in [0.2, 0.25) is 0 Å². The number of hydrogen-bond acceptors (Lipinski definition) is 3. The summed E-state index contributed by atoms with van der Waals surface area (Å²) in [6, 6.07) is 13.7. The Bertz CT molecular complexity index is 1360. The van der Waals surface area contributed by atoms with Gasteiger partial charge in [0.1, 0.15) is 0 Å². The normalized spacial score (nSPS) is 14.3. The number of H-pyrrole nitrogens is 1. The van der Waals surface area contributed by atoms with Gasteiger partial charge in [-0.2, -0.15) is 0 Å². The molecule has 150 valence electrons. The number of imide groups is 1. The number of para-hydroxylation sites is 1. The smallest absolute Gasteiger partial charge is 0.259 e. The van der Waals surface area contributed by atoms with Crippen LogP contribution < -0.4 is 11.1 Å². The average Bonchev–Trinajstić information content (AvgIpc) is 3.39. The SMILES string of the molecule is NCCCn1cc(C2=C(c3c[nH]c4ccccc34)C(=O)NC2=O)c2ccc(Br)cc21. The van der Waals surface area contributed by atoms with Gasteiger partial charge in [-0.3, -0.25) is 14.9 Å². The first kappa shape index (κ1) is 18.8. The molecule has 2 aromatic carbocycles. The van der Waals surface area contributed by atoms with Crippen molar-refractivity contribution in [2.45, 2.75) is 13.0 Å². The molecule has 6 nitrogen and oxygen atoms in total. The Hall–Kier alpha value is -3.16. The molecule has 2 amide bonds. The van der Waals surface area contributed by atoms with E-state index in [4.69, 9.17) is 5.73 Å². The zero-order valence-electron chi connectivity index (χ0n) is 16.0. The minimum atomic E-state index is -0.375. The maximum absolute atomic E-state index is 12.9. The molecular formula is C23H19BrN4O2. The number of nitrogens with one attached hydrogen (secondary N) is 2. The Morgan fingerprint density at radius 1 is 0.967 bits per heavy atom. The van der Waals surface area contributed by atoms with Crippen LogP contribution in [0.1, 0.15) is 17.5 Å². The molecule has 4 N–H and O–H groups in total. The summed E-state index contributed by atoms with van der Waals surface area (Å²) in [4.78, 5) is 29.0. The molecule has 1 aliphatic rings. The molecule has 0 aliphatic carbocycles. The van der Waals surface area contributed by atoms with Crippen LogP contribution in [0.4, 0.5) is 0 Å². The average molecular weight is 463 g/mol. The highest BCUT2D eigenvalue weighted by atomic mass is 79.9. The van der Waals surface area contributed by atoms with Gasteiger partial charge in [0.25, 0.3) is 11.8 Å². The van der Waals surface area contributed by atoms with Gasteiger partial charge in [0.15, 0.2) is 0 Å². The number of rotatable bonds is 5. The van der Waals surface area contributed by atoms with Crippen LogP contribution in [-0.4, -0.2) is 27.9 Å². The number of halogens is 1. The van der Waals surface area contributed by atoms with Gasteiger partial charge in [-0.15, -0.1) is 0 Å². The van der Waals surface area contributed by atoms with Crippen molar-refractivity contribution in [3.63, 3.8) is 0 Å². The van der Waals surface area contributed by atoms with E-state index in [2.05, 4.69) is 30.8 Å². The summed E-state index contributed by atoms with van der Waals surface area (Å²) in [6.07, 6.45) is 4.56. The minimum Gasteiger partial charge on any atom is -0.361 e. The molecule has 0 unspecified atom stereocenters. The molecule has 0 saturated carbocycles. The number of nitrogens with two attached hydrogens (primary N) is 1. The van der Waals surface area contributed by atoms with Gasteiger partial charge < -0.3 is 15.3 Å². The van der Waals surface area contributed by atoms with E-state index in [9.17, 15) is 9.59 Å². The number of aromatic nitrogens is 2. The van der Waals surface area contributed by atoms with Crippen LogP contribution in [0.2, 0.25) is 0 Å². The van der Waals surface area contributed by atoms with Crippen LogP contribution in [-0.2, 0) is 16.1 Å². The maximum Gasteiger partial charge on any atom is 0.259 e. The fourth-order valence-electron chi connectivity index (χ4n) is 4.16. The molecule has 7 heteroatoms. The Labute approximate surface area is 180 Å². The van der Waals surface area contributed by atoms with E-state index < -0.39 is 0 Å². The summed E-state index contributed by atoms with van der Waals surface area (Å²) in [7, 11) is 0. The van der Waals surface area contributed by atoms with Crippen molar-refractivity contribution < 1.29 is 9.59 Å². The number of aryl methyl sites for hydroxylation is 1. The molecule has 0 spiro atoms. The predicted octanol–water partition coefficient (Wildman–Crippen LogP) is 3.80. The lowest BCUT2D eigenvalue weighted by molar-refractivity contribution is -0.122. The van der Waals surface area contributed by atoms with Crippen LogP contribution in [0, 0.1) is 0 Å². The highest BCUT2D eigenvalue weighted by molar-refractivity contribution is 9.10. The Balaban J connectivity index is 1.80. The van der Waals surface area contributed by atoms with E-state index >= 15 is 0 Å². The summed E-state index contributed by atoms with van der Waals surface area (Å²) >= 11 is 3.53. The lowest BCUT2D eigenvalue weighted by Gasteiger charge is -2.03. The molecule has 30 heavy (non-hydrogen) atoms. The topological polar surface area (TPSA) is 92.9 Å². The third-order valence-corrected chi connectivity index (χ3v) is 6.00. The van der Waals surface area contributed by atoms with E-state index in [1.165, 1.54) is 0 Å². The molecule has 0 fully saturated rings. The van der Waals surface area contributed by atoms with Crippen molar-refractivity contribution in [2.75, 3.05) is 6.54 Å². The van der Waals surface area contributed by atoms with Gasteiger partial charge in [0, 0.05) is 56.3 Å². The molecule has 3 heterocycles. The van der Waals surface area contributed by atoms with Gasteiger partial charge in [0.05, 0.1) is 11.1 Å². The predicted molar refractivity (Wildman–Crippen MR) is 122 cm³/mol. The highest BCUT2D eigenvalue weighted by Crippen LogP contribution is 2.38. The van der Waals surface area contributed by atoms with Crippen molar-refractivity contribution >= 4 is 60.7 Å². The molecule has 2 aromatic heterocycles. The Kier molecular flexibility index (Phi) is 4.56. The van der Waals surface area contributed by atoms with Crippen LogP contribution in [0.3, 0.4) is 0 Å². The van der Waals surface area contributed by atoms with Crippen LogP contribution >= 0.6 is 15.9 Å². The maximum atomic E-state index is 12.9. The Morgan fingerprint density at radius 2 is 1.73 bits per heavy atom. The number of amides is 2. The number of hydrogen-bond donors (Lipinski definition) is 3. The second-order valence-corrected chi connectivity index (χ2v) is 8.24. The number of nitrogens with zero attached hydrogens (tertiary/aromatic N) is 1. The summed E-state index contributed by atoms with van der Waals surface area (Å²) < 4.78 is 3.05. The summed E-state index contributed by atoms with van der Waals surface area (Å²) in [5, 5.41) is 4.32. The largest absolute Gasteiger partial charge is 0.361 e. The monoisotopic (exact) mass is 462 g/mol. The lowest BCUT2D eigenvalue weighted by atomic mass is 9.95. The van der Waals surface area contributed by atoms with Gasteiger partial charge in [-0.25, -0.2) is 0 Å². The first-order valence-electron chi connectivity index (χ1n) is 9.73. The highest BCUT2D eigenvalue weighted by Gasteiger charge is 2.35. The third-order valence-electron chi connectivity index (χ3n) is 5.51. The van der Waals surface area contributed by atoms with E-state index in [0.717, 1.165) is 50.4 Å². The van der Waals surface area contributed by atoms with E-state index in [-0.39, 0.29) is 11.8 Å². The Morgan fingerprint density at radius 3 is 2.53 bits per heavy atom. The van der Waals surface area contributed by atoms with Gasteiger partial charge >= 0.3 is 0 Å². The van der Waals surface area contributed by atoms with Crippen molar-refractivity contribution in [3.05, 3.63) is 70.5 Å². The standard InChI is InChI=1S/C23H19BrN4O2/c24-13-6-7-15-17(12-28(9-3-8-25)19(15)10-13)21-20(22(29)27-23(21)30)16-11-26-18-5-2-1-4-14(16)18/h1-2,4-7,10-12,26H,3,8-9,25H2,(H,27,29,30). The van der Waals surface area contributed by atoms with Crippen molar-refractivity contribution in [3.8, 4) is 0 Å². The summed E-state index contributed by atoms with van der Waals surface area (Å²) in [5.74, 6) is -0.749. The van der Waals surface area contributed by atoms with Gasteiger partial charge in [-0.1, -0.05) is 40.2 Å². The lowest BCUT2D eigenvalue weighted by Crippen LogP contribution is -2.22. The molecule has 0 radical (unpaired) electrons. The summed E-state index contributed by atoms with van der Waals surface area (Å²) in [6.45, 7) is 1.31. The second-order valence-electron chi connectivity index (χ2n) is 7.32. The first-order chi connectivity index (χ1) is 14.6. The minimum absolute atomic E-state index is 0.374.